The first-order chi connectivity index (χ1) is 11.6. The fourth-order valence-electron chi connectivity index (χ4n) is 2.34. The SMILES string of the molecule is CCOc1ccc(S(=O)(=O)NCc2ccc3ccccc3n2)cc1. The molecule has 0 saturated carbocycles. The van der Waals surface area contributed by atoms with Gasteiger partial charge in [0.25, 0.3) is 0 Å². The fraction of sp³-hybridized carbons (Fsp3) is 0.167. The van der Waals surface area contributed by atoms with Gasteiger partial charge >= 0.3 is 0 Å². The summed E-state index contributed by atoms with van der Waals surface area (Å²) in [6.07, 6.45) is 0. The molecule has 0 unspecified atom stereocenters. The lowest BCUT2D eigenvalue weighted by molar-refractivity contribution is 0.340. The van der Waals surface area contributed by atoms with Gasteiger partial charge in [0.15, 0.2) is 0 Å². The van der Waals surface area contributed by atoms with Crippen LogP contribution in [-0.4, -0.2) is 20.0 Å². The van der Waals surface area contributed by atoms with Crippen molar-refractivity contribution in [3.8, 4) is 5.75 Å². The summed E-state index contributed by atoms with van der Waals surface area (Å²) in [5, 5.41) is 1.02. The summed E-state index contributed by atoms with van der Waals surface area (Å²) < 4.78 is 32.6. The van der Waals surface area contributed by atoms with Crippen molar-refractivity contribution in [3.63, 3.8) is 0 Å². The van der Waals surface area contributed by atoms with Crippen LogP contribution in [0, 0.1) is 0 Å². The molecule has 0 atom stereocenters. The Morgan fingerprint density at radius 2 is 1.75 bits per heavy atom. The Balaban J connectivity index is 1.73. The van der Waals surface area contributed by atoms with Crippen molar-refractivity contribution in [1.82, 2.24) is 9.71 Å². The smallest absolute Gasteiger partial charge is 0.240 e. The van der Waals surface area contributed by atoms with Gasteiger partial charge in [-0.15, -0.1) is 0 Å². The number of pyridine rings is 1. The number of hydrogen-bond acceptors (Lipinski definition) is 4. The number of aromatic nitrogens is 1. The molecule has 0 fully saturated rings. The highest BCUT2D eigenvalue weighted by Crippen LogP contribution is 2.16. The minimum absolute atomic E-state index is 0.139. The highest BCUT2D eigenvalue weighted by atomic mass is 32.2. The molecule has 1 heterocycles. The minimum atomic E-state index is -3.59. The highest BCUT2D eigenvalue weighted by molar-refractivity contribution is 7.89. The summed E-state index contributed by atoms with van der Waals surface area (Å²) in [4.78, 5) is 4.66. The molecule has 3 aromatic rings. The molecule has 6 heteroatoms. The summed E-state index contributed by atoms with van der Waals surface area (Å²) in [5.74, 6) is 0.646. The maximum absolute atomic E-state index is 12.4. The van der Waals surface area contributed by atoms with Crippen molar-refractivity contribution < 1.29 is 13.2 Å². The summed E-state index contributed by atoms with van der Waals surface area (Å²) in [7, 11) is -3.59. The predicted molar refractivity (Wildman–Crippen MR) is 93.4 cm³/mol. The van der Waals surface area contributed by atoms with Gasteiger partial charge in [0.05, 0.1) is 29.3 Å². The molecule has 0 bridgehead atoms. The predicted octanol–water partition coefficient (Wildman–Crippen LogP) is 3.11. The van der Waals surface area contributed by atoms with Crippen molar-refractivity contribution in [2.75, 3.05) is 6.61 Å². The largest absolute Gasteiger partial charge is 0.494 e. The van der Waals surface area contributed by atoms with E-state index in [2.05, 4.69) is 9.71 Å². The van der Waals surface area contributed by atoms with Crippen LogP contribution in [0.25, 0.3) is 10.9 Å². The average Bonchev–Trinajstić information content (AvgIpc) is 2.61. The van der Waals surface area contributed by atoms with Crippen LogP contribution in [0.3, 0.4) is 0 Å². The van der Waals surface area contributed by atoms with Gasteiger partial charge in [-0.2, -0.15) is 0 Å². The van der Waals surface area contributed by atoms with E-state index in [0.29, 0.717) is 18.1 Å². The molecule has 124 valence electrons. The van der Waals surface area contributed by atoms with Crippen molar-refractivity contribution >= 4 is 20.9 Å². The van der Waals surface area contributed by atoms with E-state index in [1.54, 1.807) is 12.1 Å². The zero-order valence-electron chi connectivity index (χ0n) is 13.3. The number of benzene rings is 2. The fourth-order valence-corrected chi connectivity index (χ4v) is 3.34. The van der Waals surface area contributed by atoms with E-state index in [0.717, 1.165) is 10.9 Å². The molecule has 0 spiro atoms. The van der Waals surface area contributed by atoms with E-state index in [1.807, 2.05) is 43.3 Å². The highest BCUT2D eigenvalue weighted by Gasteiger charge is 2.14. The Kier molecular flexibility index (Phi) is 4.78. The lowest BCUT2D eigenvalue weighted by atomic mass is 10.2. The number of hydrogen-bond donors (Lipinski definition) is 1. The van der Waals surface area contributed by atoms with Gasteiger partial charge in [-0.3, -0.25) is 4.98 Å². The summed E-state index contributed by atoms with van der Waals surface area (Å²) in [6, 6.07) is 17.8. The molecule has 1 N–H and O–H groups in total. The van der Waals surface area contributed by atoms with Crippen LogP contribution in [0.2, 0.25) is 0 Å². The third-order valence-electron chi connectivity index (χ3n) is 3.54. The van der Waals surface area contributed by atoms with E-state index >= 15 is 0 Å². The maximum Gasteiger partial charge on any atom is 0.240 e. The topological polar surface area (TPSA) is 68.3 Å². The van der Waals surface area contributed by atoms with Crippen molar-refractivity contribution in [2.45, 2.75) is 18.4 Å². The number of nitrogens with one attached hydrogen (secondary N) is 1. The van der Waals surface area contributed by atoms with Gasteiger partial charge in [0.2, 0.25) is 10.0 Å². The quantitative estimate of drug-likeness (QED) is 0.747. The van der Waals surface area contributed by atoms with Crippen LogP contribution in [0.1, 0.15) is 12.6 Å². The second-order valence-corrected chi connectivity index (χ2v) is 6.99. The molecule has 5 nitrogen and oxygen atoms in total. The Morgan fingerprint density at radius 3 is 2.50 bits per heavy atom. The molecule has 3 rings (SSSR count). The Hall–Kier alpha value is -2.44. The molecule has 0 aliphatic rings. The Labute approximate surface area is 141 Å². The van der Waals surface area contributed by atoms with Crippen molar-refractivity contribution in [2.24, 2.45) is 0 Å². The zero-order chi connectivity index (χ0) is 17.0. The van der Waals surface area contributed by atoms with Crippen LogP contribution in [0.15, 0.2) is 65.6 Å². The second kappa shape index (κ2) is 6.98. The van der Waals surface area contributed by atoms with Crippen LogP contribution in [0.4, 0.5) is 0 Å². The Morgan fingerprint density at radius 1 is 1.00 bits per heavy atom. The van der Waals surface area contributed by atoms with E-state index < -0.39 is 10.0 Å². The summed E-state index contributed by atoms with van der Waals surface area (Å²) in [6.45, 7) is 2.56. The van der Waals surface area contributed by atoms with Crippen molar-refractivity contribution in [3.05, 3.63) is 66.4 Å². The normalized spacial score (nSPS) is 11.5. The number of ether oxygens (including phenoxy) is 1. The second-order valence-electron chi connectivity index (χ2n) is 5.22. The van der Waals surface area contributed by atoms with E-state index in [-0.39, 0.29) is 11.4 Å². The molecule has 1 aromatic heterocycles. The van der Waals surface area contributed by atoms with Gasteiger partial charge in [0.1, 0.15) is 5.75 Å². The minimum Gasteiger partial charge on any atom is -0.494 e. The Bertz CT molecular complexity index is 938. The lowest BCUT2D eigenvalue weighted by Crippen LogP contribution is -2.23. The first-order valence-electron chi connectivity index (χ1n) is 7.66. The molecular weight excluding hydrogens is 324 g/mol. The summed E-state index contributed by atoms with van der Waals surface area (Å²) in [5.41, 5.74) is 1.51. The lowest BCUT2D eigenvalue weighted by Gasteiger charge is -2.08. The van der Waals surface area contributed by atoms with E-state index in [9.17, 15) is 8.42 Å². The summed E-state index contributed by atoms with van der Waals surface area (Å²) >= 11 is 0. The van der Waals surface area contributed by atoms with Gasteiger partial charge in [0, 0.05) is 5.39 Å². The molecule has 24 heavy (non-hydrogen) atoms. The third kappa shape index (κ3) is 3.72. The van der Waals surface area contributed by atoms with Crippen LogP contribution < -0.4 is 9.46 Å². The van der Waals surface area contributed by atoms with Crippen LogP contribution in [0.5, 0.6) is 5.75 Å². The van der Waals surface area contributed by atoms with Crippen molar-refractivity contribution in [1.29, 1.82) is 0 Å². The molecule has 0 aliphatic carbocycles. The first kappa shape index (κ1) is 16.4. The average molecular weight is 342 g/mol. The van der Waals surface area contributed by atoms with E-state index in [1.165, 1.54) is 12.1 Å². The zero-order valence-corrected chi connectivity index (χ0v) is 14.1. The molecule has 0 saturated heterocycles. The maximum atomic E-state index is 12.4. The molecular formula is C18H18N2O3S. The molecule has 2 aromatic carbocycles. The van der Waals surface area contributed by atoms with Crippen LogP contribution in [-0.2, 0) is 16.6 Å². The van der Waals surface area contributed by atoms with Gasteiger partial charge in [-0.25, -0.2) is 13.1 Å². The molecule has 0 aliphatic heterocycles. The van der Waals surface area contributed by atoms with Gasteiger partial charge in [-0.1, -0.05) is 24.3 Å². The molecule has 0 amide bonds. The number of para-hydroxylation sites is 1. The number of fused-ring (bicyclic) bond motifs is 1. The van der Waals surface area contributed by atoms with E-state index in [4.69, 9.17) is 4.74 Å². The van der Waals surface area contributed by atoms with Gasteiger partial charge < -0.3 is 4.74 Å². The first-order valence-corrected chi connectivity index (χ1v) is 9.14. The number of sulfonamides is 1. The number of nitrogens with zero attached hydrogens (tertiary/aromatic N) is 1. The van der Waals surface area contributed by atoms with Gasteiger partial charge in [-0.05, 0) is 43.3 Å². The molecule has 0 radical (unpaired) electrons. The van der Waals surface area contributed by atoms with Crippen LogP contribution >= 0.6 is 0 Å². The third-order valence-corrected chi connectivity index (χ3v) is 4.96. The monoisotopic (exact) mass is 342 g/mol. The number of rotatable bonds is 6. The standard InChI is InChI=1S/C18H18N2O3S/c1-2-23-16-9-11-17(12-10-16)24(21,22)19-13-15-8-7-14-5-3-4-6-18(14)20-15/h3-12,19H,2,13H2,1H3.